The van der Waals surface area contributed by atoms with E-state index >= 15 is 0 Å². The number of halogens is 6. The molecule has 6 rings (SSSR count). The van der Waals surface area contributed by atoms with Crippen LogP contribution in [0.25, 0.3) is 18.2 Å². The lowest BCUT2D eigenvalue weighted by molar-refractivity contribution is 0.624. The van der Waals surface area contributed by atoms with Crippen LogP contribution in [0.4, 0.5) is 13.2 Å². The van der Waals surface area contributed by atoms with Gasteiger partial charge in [-0.1, -0.05) is 95.8 Å². The molecule has 0 aliphatic heterocycles. The van der Waals surface area contributed by atoms with Crippen LogP contribution in [0.3, 0.4) is 0 Å². The van der Waals surface area contributed by atoms with Gasteiger partial charge in [-0.25, -0.2) is 13.2 Å². The topological polar surface area (TPSA) is 0 Å². The SMILES string of the molecule is CC1=Cc2c(Br)cc(F)cc2C1[Si](C)(C)C1C(C)=Cc2c(Br)cc(F)cc21.CC1=Cc2cc(F)cc(Br)c2C1. The Labute approximate surface area is 254 Å². The molecule has 3 aromatic rings. The second-order valence-corrected chi connectivity index (χ2v) is 18.7. The minimum absolute atomic E-state index is 0.174. The van der Waals surface area contributed by atoms with E-state index < -0.39 is 8.07 Å². The highest BCUT2D eigenvalue weighted by atomic mass is 79.9. The number of hydrogen-bond acceptors (Lipinski definition) is 0. The van der Waals surface area contributed by atoms with Crippen molar-refractivity contribution in [3.05, 3.63) is 117 Å². The Morgan fingerprint density at radius 1 is 0.641 bits per heavy atom. The van der Waals surface area contributed by atoms with Gasteiger partial charge in [0.2, 0.25) is 0 Å². The molecule has 3 aromatic carbocycles. The molecule has 39 heavy (non-hydrogen) atoms. The molecule has 202 valence electrons. The summed E-state index contributed by atoms with van der Waals surface area (Å²) in [4.78, 5) is 0. The van der Waals surface area contributed by atoms with Crippen LogP contribution >= 0.6 is 47.8 Å². The van der Waals surface area contributed by atoms with Gasteiger partial charge in [0, 0.05) is 24.5 Å². The van der Waals surface area contributed by atoms with Crippen molar-refractivity contribution in [2.45, 2.75) is 51.4 Å². The minimum Gasteiger partial charge on any atom is -0.207 e. The molecule has 0 spiro atoms. The molecular weight excluding hydrogens is 709 g/mol. The van der Waals surface area contributed by atoms with E-state index in [4.69, 9.17) is 0 Å². The molecule has 0 aromatic heterocycles. The lowest BCUT2D eigenvalue weighted by Crippen LogP contribution is -2.42. The molecular formula is C32H28Br3F3Si. The molecule has 0 bridgehead atoms. The van der Waals surface area contributed by atoms with Gasteiger partial charge in [0.05, 0.1) is 8.07 Å². The van der Waals surface area contributed by atoms with Crippen molar-refractivity contribution in [1.82, 2.24) is 0 Å². The molecule has 2 atom stereocenters. The van der Waals surface area contributed by atoms with Crippen molar-refractivity contribution < 1.29 is 13.2 Å². The van der Waals surface area contributed by atoms with Gasteiger partial charge >= 0.3 is 0 Å². The van der Waals surface area contributed by atoms with Crippen molar-refractivity contribution >= 4 is 74.1 Å². The van der Waals surface area contributed by atoms with E-state index in [1.54, 1.807) is 18.2 Å². The standard InChI is InChI=1S/C22H20Br2F2Si.C10H8BrF/c1-11-5-15-17(7-13(25)9-19(15)23)21(11)27(3,4)22-12(2)6-16-18(22)8-14(26)10-20(16)24;1-6-2-7-4-8(12)5-10(11)9(7)3-6/h5-10,21-22H,1-4H3;2,4-5H,3H2,1H3. The first-order valence-corrected chi connectivity index (χ1v) is 18.3. The predicted molar refractivity (Wildman–Crippen MR) is 170 cm³/mol. The van der Waals surface area contributed by atoms with Crippen LogP contribution in [0.1, 0.15) is 65.2 Å². The van der Waals surface area contributed by atoms with Crippen LogP contribution in [0, 0.1) is 17.5 Å². The zero-order chi connectivity index (χ0) is 28.4. The summed E-state index contributed by atoms with van der Waals surface area (Å²) in [6, 6.07) is 9.53. The van der Waals surface area contributed by atoms with Gasteiger partial charge in [-0.15, -0.1) is 0 Å². The van der Waals surface area contributed by atoms with Crippen LogP contribution in [0.15, 0.2) is 66.5 Å². The Bertz CT molecular complexity index is 1540. The monoisotopic (exact) mass is 734 g/mol. The van der Waals surface area contributed by atoms with E-state index in [2.05, 4.69) is 93.8 Å². The van der Waals surface area contributed by atoms with Gasteiger partial charge in [-0.05, 0) is 97.0 Å². The van der Waals surface area contributed by atoms with Crippen molar-refractivity contribution in [2.24, 2.45) is 0 Å². The van der Waals surface area contributed by atoms with E-state index in [0.717, 1.165) is 47.7 Å². The maximum atomic E-state index is 14.2. The van der Waals surface area contributed by atoms with E-state index in [-0.39, 0.29) is 28.5 Å². The normalized spacial score (nSPS) is 19.0. The van der Waals surface area contributed by atoms with Crippen LogP contribution in [-0.2, 0) is 6.42 Å². The number of rotatable bonds is 2. The van der Waals surface area contributed by atoms with Gasteiger partial charge in [0.25, 0.3) is 0 Å². The molecule has 3 aliphatic carbocycles. The van der Waals surface area contributed by atoms with E-state index in [1.165, 1.54) is 40.5 Å². The highest BCUT2D eigenvalue weighted by Crippen LogP contribution is 2.54. The first-order valence-electron chi connectivity index (χ1n) is 12.8. The summed E-state index contributed by atoms with van der Waals surface area (Å²) in [7, 11) is -2.07. The highest BCUT2D eigenvalue weighted by molar-refractivity contribution is 9.11. The van der Waals surface area contributed by atoms with Gasteiger partial charge in [0.1, 0.15) is 17.5 Å². The quantitative estimate of drug-likeness (QED) is 0.230. The Morgan fingerprint density at radius 3 is 1.56 bits per heavy atom. The summed E-state index contributed by atoms with van der Waals surface area (Å²) in [5.74, 6) is -0.607. The highest BCUT2D eigenvalue weighted by Gasteiger charge is 2.47. The van der Waals surface area contributed by atoms with Crippen LogP contribution < -0.4 is 0 Å². The largest absolute Gasteiger partial charge is 0.207 e. The summed E-state index contributed by atoms with van der Waals surface area (Å²) in [5.41, 5.74) is 10.7. The molecule has 0 amide bonds. The molecule has 0 radical (unpaired) electrons. The lowest BCUT2D eigenvalue weighted by atomic mass is 10.1. The zero-order valence-electron chi connectivity index (χ0n) is 22.3. The summed E-state index contributed by atoms with van der Waals surface area (Å²) in [5, 5.41) is 0. The van der Waals surface area contributed by atoms with Crippen LogP contribution in [-0.4, -0.2) is 8.07 Å². The molecule has 7 heteroatoms. The fourth-order valence-electron chi connectivity index (χ4n) is 6.78. The fraction of sp³-hybridized carbons (Fsp3) is 0.250. The average molecular weight is 737 g/mol. The minimum atomic E-state index is -2.07. The summed E-state index contributed by atoms with van der Waals surface area (Å²) >= 11 is 10.4. The second kappa shape index (κ2) is 10.6. The van der Waals surface area contributed by atoms with E-state index in [0.29, 0.717) is 0 Å². The molecule has 0 nitrogen and oxygen atoms in total. The maximum absolute atomic E-state index is 14.2. The van der Waals surface area contributed by atoms with Crippen LogP contribution in [0.2, 0.25) is 13.1 Å². The third kappa shape index (κ3) is 5.25. The molecule has 0 N–H and O–H groups in total. The van der Waals surface area contributed by atoms with Gasteiger partial charge in [0.15, 0.2) is 0 Å². The summed E-state index contributed by atoms with van der Waals surface area (Å²) in [6.45, 7) is 11.0. The smallest absolute Gasteiger partial charge is 0.124 e. The molecule has 0 heterocycles. The predicted octanol–water partition coefficient (Wildman–Crippen LogP) is 11.5. The number of hydrogen-bond donors (Lipinski definition) is 0. The van der Waals surface area contributed by atoms with Gasteiger partial charge < -0.3 is 0 Å². The van der Waals surface area contributed by atoms with Crippen molar-refractivity contribution in [3.8, 4) is 0 Å². The molecule has 3 aliphatic rings. The summed E-state index contributed by atoms with van der Waals surface area (Å²) < 4.78 is 43.8. The van der Waals surface area contributed by atoms with E-state index in [1.807, 2.05) is 6.08 Å². The van der Waals surface area contributed by atoms with Crippen molar-refractivity contribution in [1.29, 1.82) is 0 Å². The molecule has 0 saturated heterocycles. The first-order chi connectivity index (χ1) is 18.3. The van der Waals surface area contributed by atoms with Crippen LogP contribution in [0.5, 0.6) is 0 Å². The van der Waals surface area contributed by atoms with Gasteiger partial charge in [-0.2, -0.15) is 0 Å². The zero-order valence-corrected chi connectivity index (χ0v) is 28.1. The Kier molecular flexibility index (Phi) is 7.86. The Hall–Kier alpha value is -1.67. The average Bonchev–Trinajstić information content (AvgIpc) is 3.46. The Morgan fingerprint density at radius 2 is 1.08 bits per heavy atom. The number of fused-ring (bicyclic) bond motifs is 3. The number of allylic oxidation sites excluding steroid dienone is 3. The lowest BCUT2D eigenvalue weighted by Gasteiger charge is -2.39. The molecule has 0 fully saturated rings. The van der Waals surface area contributed by atoms with E-state index in [9.17, 15) is 13.2 Å². The first kappa shape index (κ1) is 28.8. The fourth-order valence-corrected chi connectivity index (χ4v) is 13.4. The van der Waals surface area contributed by atoms with Crippen molar-refractivity contribution in [3.63, 3.8) is 0 Å². The second-order valence-electron chi connectivity index (χ2n) is 11.4. The molecule has 2 unspecified atom stereocenters. The third-order valence-electron chi connectivity index (χ3n) is 8.07. The van der Waals surface area contributed by atoms with Gasteiger partial charge in [-0.3, -0.25) is 0 Å². The maximum Gasteiger partial charge on any atom is 0.124 e. The number of benzene rings is 3. The van der Waals surface area contributed by atoms with Crippen molar-refractivity contribution in [2.75, 3.05) is 0 Å². The summed E-state index contributed by atoms with van der Waals surface area (Å²) in [6.07, 6.45) is 7.32. The Balaban J connectivity index is 0.000000214. The third-order valence-corrected chi connectivity index (χ3v) is 14.6. The molecule has 0 saturated carbocycles.